The fourth-order valence-electron chi connectivity index (χ4n) is 5.48. The van der Waals surface area contributed by atoms with Gasteiger partial charge < -0.3 is 4.90 Å². The molecule has 2 aromatic heterocycles. The van der Waals surface area contributed by atoms with E-state index in [2.05, 4.69) is 74.4 Å². The first-order valence-electron chi connectivity index (χ1n) is 12.0. The first-order valence-corrected chi connectivity index (χ1v) is 12.8. The molecule has 3 aromatic carbocycles. The molecule has 0 bridgehead atoms. The van der Waals surface area contributed by atoms with Gasteiger partial charge in [0.2, 0.25) is 5.91 Å². The van der Waals surface area contributed by atoms with Gasteiger partial charge in [0.05, 0.1) is 12.0 Å². The summed E-state index contributed by atoms with van der Waals surface area (Å²) >= 11 is 3.65. The maximum Gasteiger partial charge on any atom is 0.238 e. The van der Waals surface area contributed by atoms with Crippen molar-refractivity contribution in [3.05, 3.63) is 136 Å². The highest BCUT2D eigenvalue weighted by atomic mass is 79.9. The molecule has 0 spiro atoms. The van der Waals surface area contributed by atoms with Gasteiger partial charge in [-0.2, -0.15) is 0 Å². The van der Waals surface area contributed by atoms with Crippen molar-refractivity contribution in [2.24, 2.45) is 0 Å². The maximum absolute atomic E-state index is 14.6. The number of hydrogen-bond acceptors (Lipinski definition) is 3. The number of amides is 1. The molecular formula is C31H24BrN3O. The molecule has 4 nitrogen and oxygen atoms in total. The molecular weight excluding hydrogens is 510 g/mol. The molecule has 1 amide bonds. The maximum atomic E-state index is 14.6. The van der Waals surface area contributed by atoms with Crippen LogP contribution in [0.25, 0.3) is 10.8 Å². The minimum absolute atomic E-state index is 0.122. The van der Waals surface area contributed by atoms with Gasteiger partial charge in [-0.1, -0.05) is 64.5 Å². The molecule has 5 aromatic rings. The Bertz CT molecular complexity index is 1510. The van der Waals surface area contributed by atoms with Crippen LogP contribution in [0.2, 0.25) is 0 Å². The van der Waals surface area contributed by atoms with E-state index in [1.807, 2.05) is 41.3 Å². The average Bonchev–Trinajstić information content (AvgIpc) is 3.12. The Morgan fingerprint density at radius 2 is 1.39 bits per heavy atom. The lowest BCUT2D eigenvalue weighted by atomic mass is 9.72. The van der Waals surface area contributed by atoms with Gasteiger partial charge in [-0.05, 0) is 82.3 Å². The van der Waals surface area contributed by atoms with Crippen molar-refractivity contribution in [1.29, 1.82) is 0 Å². The third-order valence-electron chi connectivity index (χ3n) is 7.14. The van der Waals surface area contributed by atoms with Crippen molar-refractivity contribution in [2.75, 3.05) is 4.90 Å². The second-order valence-corrected chi connectivity index (χ2v) is 10.3. The summed E-state index contributed by atoms with van der Waals surface area (Å²) in [6.07, 6.45) is 8.38. The van der Waals surface area contributed by atoms with Crippen LogP contribution < -0.4 is 4.90 Å². The van der Waals surface area contributed by atoms with Crippen LogP contribution in [0.1, 0.15) is 22.3 Å². The summed E-state index contributed by atoms with van der Waals surface area (Å²) < 4.78 is 0.959. The van der Waals surface area contributed by atoms with E-state index in [1.165, 1.54) is 10.8 Å². The lowest BCUT2D eigenvalue weighted by Gasteiger charge is -2.29. The Morgan fingerprint density at radius 3 is 2.08 bits per heavy atom. The summed E-state index contributed by atoms with van der Waals surface area (Å²) in [6, 6.07) is 28.9. The topological polar surface area (TPSA) is 46.1 Å². The SMILES string of the molecule is O=C1N(Cc2cccc3ccccc23)c2cc(Br)ccc2C1(Cc1ccncc1)Cc1ccncc1. The van der Waals surface area contributed by atoms with Crippen LogP contribution >= 0.6 is 15.9 Å². The summed E-state index contributed by atoms with van der Waals surface area (Å²) in [7, 11) is 0. The fourth-order valence-corrected chi connectivity index (χ4v) is 5.82. The van der Waals surface area contributed by atoms with Crippen molar-refractivity contribution in [3.63, 3.8) is 0 Å². The van der Waals surface area contributed by atoms with E-state index >= 15 is 0 Å². The molecule has 3 heterocycles. The Morgan fingerprint density at radius 1 is 0.750 bits per heavy atom. The summed E-state index contributed by atoms with van der Waals surface area (Å²) in [4.78, 5) is 25.0. The van der Waals surface area contributed by atoms with Crippen LogP contribution in [0.5, 0.6) is 0 Å². The van der Waals surface area contributed by atoms with E-state index in [1.54, 1.807) is 24.8 Å². The lowest BCUT2D eigenvalue weighted by molar-refractivity contribution is -0.123. The van der Waals surface area contributed by atoms with E-state index in [0.29, 0.717) is 19.4 Å². The number of benzene rings is 3. The standard InChI is InChI=1S/C31H24BrN3O/c32-26-8-9-28-29(18-26)35(21-25-6-3-5-24-4-1-2-7-27(24)25)30(36)31(28,19-22-10-14-33-15-11-22)20-23-12-16-34-17-13-23/h1-18H,19-21H2. The van der Waals surface area contributed by atoms with Gasteiger partial charge >= 0.3 is 0 Å². The number of carbonyl (C=O) groups excluding carboxylic acids is 1. The van der Waals surface area contributed by atoms with Crippen molar-refractivity contribution < 1.29 is 4.79 Å². The molecule has 0 radical (unpaired) electrons. The summed E-state index contributed by atoms with van der Waals surface area (Å²) in [5.41, 5.74) is 4.61. The second kappa shape index (κ2) is 9.32. The molecule has 176 valence electrons. The molecule has 6 rings (SSSR count). The van der Waals surface area contributed by atoms with Crippen molar-refractivity contribution >= 4 is 38.3 Å². The lowest BCUT2D eigenvalue weighted by Crippen LogP contribution is -2.43. The molecule has 1 aliphatic rings. The Kier molecular flexibility index (Phi) is 5.86. The predicted octanol–water partition coefficient (Wildman–Crippen LogP) is 6.66. The molecule has 0 aliphatic carbocycles. The minimum atomic E-state index is -0.733. The molecule has 0 fully saturated rings. The fraction of sp³-hybridized carbons (Fsp3) is 0.129. The summed E-state index contributed by atoms with van der Waals surface area (Å²) in [6.45, 7) is 0.512. The number of halogens is 1. The molecule has 0 saturated heterocycles. The third-order valence-corrected chi connectivity index (χ3v) is 7.63. The van der Waals surface area contributed by atoms with E-state index in [9.17, 15) is 4.79 Å². The van der Waals surface area contributed by atoms with E-state index in [4.69, 9.17) is 0 Å². The van der Waals surface area contributed by atoms with Crippen LogP contribution in [0.15, 0.2) is 114 Å². The van der Waals surface area contributed by atoms with Crippen LogP contribution in [0, 0.1) is 0 Å². The molecule has 1 aliphatic heterocycles. The molecule has 0 unspecified atom stereocenters. The smallest absolute Gasteiger partial charge is 0.238 e. The third kappa shape index (κ3) is 3.99. The summed E-state index contributed by atoms with van der Waals surface area (Å²) in [5.74, 6) is 0.122. The number of nitrogens with zero attached hydrogens (tertiary/aromatic N) is 3. The summed E-state index contributed by atoms with van der Waals surface area (Å²) in [5, 5.41) is 2.35. The number of pyridine rings is 2. The van der Waals surface area contributed by atoms with Crippen LogP contribution in [-0.2, 0) is 29.6 Å². The first-order chi connectivity index (χ1) is 17.6. The van der Waals surface area contributed by atoms with Crippen molar-refractivity contribution in [3.8, 4) is 0 Å². The van der Waals surface area contributed by atoms with Crippen LogP contribution in [-0.4, -0.2) is 15.9 Å². The number of fused-ring (bicyclic) bond motifs is 2. The van der Waals surface area contributed by atoms with Gasteiger partial charge in [-0.15, -0.1) is 0 Å². The van der Waals surface area contributed by atoms with Crippen LogP contribution in [0.3, 0.4) is 0 Å². The Balaban J connectivity index is 1.50. The molecule has 0 saturated carbocycles. The average molecular weight is 534 g/mol. The zero-order chi connectivity index (χ0) is 24.5. The molecule has 0 N–H and O–H groups in total. The van der Waals surface area contributed by atoms with Gasteiger partial charge in [0.15, 0.2) is 0 Å². The van der Waals surface area contributed by atoms with E-state index in [-0.39, 0.29) is 5.91 Å². The molecule has 5 heteroatoms. The van der Waals surface area contributed by atoms with Crippen molar-refractivity contribution in [1.82, 2.24) is 9.97 Å². The molecule has 36 heavy (non-hydrogen) atoms. The largest absolute Gasteiger partial charge is 0.307 e. The monoisotopic (exact) mass is 533 g/mol. The van der Waals surface area contributed by atoms with Gasteiger partial charge in [0, 0.05) is 34.9 Å². The zero-order valence-electron chi connectivity index (χ0n) is 19.6. The quantitative estimate of drug-likeness (QED) is 0.245. The highest BCUT2D eigenvalue weighted by Gasteiger charge is 2.50. The Hall–Kier alpha value is -3.83. The highest BCUT2D eigenvalue weighted by molar-refractivity contribution is 9.10. The second-order valence-electron chi connectivity index (χ2n) is 9.34. The Labute approximate surface area is 218 Å². The van der Waals surface area contributed by atoms with Gasteiger partial charge in [-0.25, -0.2) is 0 Å². The highest BCUT2D eigenvalue weighted by Crippen LogP contribution is 2.47. The van der Waals surface area contributed by atoms with E-state index in [0.717, 1.165) is 32.4 Å². The van der Waals surface area contributed by atoms with E-state index < -0.39 is 5.41 Å². The number of hydrogen-bond donors (Lipinski definition) is 0. The molecule has 0 atom stereocenters. The normalized spacial score (nSPS) is 14.2. The minimum Gasteiger partial charge on any atom is -0.307 e. The van der Waals surface area contributed by atoms with Crippen LogP contribution in [0.4, 0.5) is 5.69 Å². The van der Waals surface area contributed by atoms with Gasteiger partial charge in [0.1, 0.15) is 0 Å². The van der Waals surface area contributed by atoms with Crippen molar-refractivity contribution in [2.45, 2.75) is 24.8 Å². The first kappa shape index (κ1) is 22.6. The predicted molar refractivity (Wildman–Crippen MR) is 147 cm³/mol. The van der Waals surface area contributed by atoms with Gasteiger partial charge in [0.25, 0.3) is 0 Å². The number of anilines is 1. The zero-order valence-corrected chi connectivity index (χ0v) is 21.2. The number of carbonyl (C=O) groups is 1. The number of aromatic nitrogens is 2. The number of rotatable bonds is 6. The van der Waals surface area contributed by atoms with Gasteiger partial charge in [-0.3, -0.25) is 14.8 Å².